The Morgan fingerprint density at radius 3 is 2.48 bits per heavy atom. The molecule has 1 amide bonds. The molecule has 2 aromatic rings. The quantitative estimate of drug-likeness (QED) is 0.867. The average Bonchev–Trinajstić information content (AvgIpc) is 3.06. The van der Waals surface area contributed by atoms with E-state index in [1.54, 1.807) is 12.1 Å². The number of carbonyl (C=O) groups is 2. The third kappa shape index (κ3) is 3.78. The number of rotatable bonds is 4. The van der Waals surface area contributed by atoms with Crippen molar-refractivity contribution in [1.29, 1.82) is 5.26 Å². The topological polar surface area (TPSA) is 88.4 Å². The van der Waals surface area contributed by atoms with Gasteiger partial charge in [0.1, 0.15) is 12.6 Å². The minimum absolute atomic E-state index is 0.123. The molecule has 6 nitrogen and oxygen atoms in total. The van der Waals surface area contributed by atoms with Crippen molar-refractivity contribution in [2.24, 2.45) is 0 Å². The van der Waals surface area contributed by atoms with Crippen LogP contribution in [0.25, 0.3) is 0 Å². The first-order valence-corrected chi connectivity index (χ1v) is 7.78. The number of nitrogens with one attached hydrogen (secondary N) is 1. The molecule has 0 bridgehead atoms. The second kappa shape index (κ2) is 7.05. The number of alkyl carbamates (subject to hydrolysis) is 1. The average molecular weight is 336 g/mol. The largest absolute Gasteiger partial charge is 0.452 e. The maximum atomic E-state index is 12.5. The number of hydrogen-bond acceptors (Lipinski definition) is 5. The van der Waals surface area contributed by atoms with Gasteiger partial charge in [0.05, 0.1) is 17.2 Å². The van der Waals surface area contributed by atoms with Crippen LogP contribution in [0.15, 0.2) is 48.5 Å². The highest BCUT2D eigenvalue weighted by atomic mass is 16.6. The monoisotopic (exact) mass is 336 g/mol. The summed E-state index contributed by atoms with van der Waals surface area (Å²) in [6, 6.07) is 15.3. The van der Waals surface area contributed by atoms with Crippen LogP contribution >= 0.6 is 0 Å². The van der Waals surface area contributed by atoms with Gasteiger partial charge in [-0.3, -0.25) is 0 Å². The molecular weight excluding hydrogens is 320 g/mol. The predicted octanol–water partition coefficient (Wildman–Crippen LogP) is 2.87. The zero-order chi connectivity index (χ0) is 17.8. The zero-order valence-electron chi connectivity index (χ0n) is 13.6. The molecule has 1 aliphatic heterocycles. The summed E-state index contributed by atoms with van der Waals surface area (Å²) >= 11 is 0. The minimum Gasteiger partial charge on any atom is -0.452 e. The number of amides is 1. The molecule has 0 aliphatic carbocycles. The molecule has 1 heterocycles. The number of nitrogens with zero attached hydrogens (tertiary/aromatic N) is 1. The molecule has 1 saturated heterocycles. The summed E-state index contributed by atoms with van der Waals surface area (Å²) in [5.74, 6) is -0.531. The number of esters is 1. The summed E-state index contributed by atoms with van der Waals surface area (Å²) < 4.78 is 10.6. The van der Waals surface area contributed by atoms with E-state index in [1.807, 2.05) is 37.3 Å². The van der Waals surface area contributed by atoms with E-state index in [4.69, 9.17) is 14.7 Å². The molecule has 0 spiro atoms. The molecule has 0 saturated carbocycles. The fourth-order valence-corrected chi connectivity index (χ4v) is 2.57. The molecular formula is C19H16N2O4. The van der Waals surface area contributed by atoms with E-state index in [2.05, 4.69) is 5.32 Å². The Labute approximate surface area is 145 Å². The fraction of sp³-hybridized carbons (Fsp3) is 0.211. The number of carbonyl (C=O) groups excluding carboxylic acids is 2. The Morgan fingerprint density at radius 1 is 1.24 bits per heavy atom. The van der Waals surface area contributed by atoms with Gasteiger partial charge in [-0.2, -0.15) is 5.26 Å². The number of ether oxygens (including phenoxy) is 2. The van der Waals surface area contributed by atoms with Crippen LogP contribution in [0.3, 0.4) is 0 Å². The Balaban J connectivity index is 1.83. The van der Waals surface area contributed by atoms with Crippen LogP contribution in [0.1, 0.15) is 33.2 Å². The summed E-state index contributed by atoms with van der Waals surface area (Å²) in [6.07, 6.45) is -1.20. The second-order valence-corrected chi connectivity index (χ2v) is 5.78. The van der Waals surface area contributed by atoms with Crippen molar-refractivity contribution >= 4 is 12.1 Å². The van der Waals surface area contributed by atoms with Crippen molar-refractivity contribution in [3.05, 3.63) is 70.8 Å². The molecule has 0 aromatic heterocycles. The van der Waals surface area contributed by atoms with E-state index in [9.17, 15) is 9.59 Å². The van der Waals surface area contributed by atoms with Crippen molar-refractivity contribution in [3.63, 3.8) is 0 Å². The van der Waals surface area contributed by atoms with Gasteiger partial charge in [-0.15, -0.1) is 0 Å². The van der Waals surface area contributed by atoms with Gasteiger partial charge in [0.15, 0.2) is 6.10 Å². The van der Waals surface area contributed by atoms with Crippen molar-refractivity contribution in [2.45, 2.75) is 19.1 Å². The summed E-state index contributed by atoms with van der Waals surface area (Å²) in [4.78, 5) is 23.8. The van der Waals surface area contributed by atoms with Gasteiger partial charge >= 0.3 is 12.1 Å². The fourth-order valence-electron chi connectivity index (χ4n) is 2.57. The molecule has 1 aliphatic rings. The third-order valence-electron chi connectivity index (χ3n) is 3.95. The molecule has 3 rings (SSSR count). The first-order valence-electron chi connectivity index (χ1n) is 7.78. The van der Waals surface area contributed by atoms with E-state index >= 15 is 0 Å². The van der Waals surface area contributed by atoms with Crippen LogP contribution in [0.2, 0.25) is 0 Å². The lowest BCUT2D eigenvalue weighted by Crippen LogP contribution is -2.35. The lowest BCUT2D eigenvalue weighted by molar-refractivity contribution is 0.0203. The maximum absolute atomic E-state index is 12.5. The third-order valence-corrected chi connectivity index (χ3v) is 3.95. The summed E-state index contributed by atoms with van der Waals surface area (Å²) in [6.45, 7) is 2.08. The maximum Gasteiger partial charge on any atom is 0.407 e. The molecule has 1 fully saturated rings. The van der Waals surface area contributed by atoms with Gasteiger partial charge < -0.3 is 14.8 Å². The molecule has 1 N–H and O–H groups in total. The number of hydrogen-bond donors (Lipinski definition) is 1. The Bertz CT molecular complexity index is 822. The smallest absolute Gasteiger partial charge is 0.407 e. The van der Waals surface area contributed by atoms with Crippen LogP contribution < -0.4 is 5.32 Å². The molecule has 25 heavy (non-hydrogen) atoms. The second-order valence-electron chi connectivity index (χ2n) is 5.78. The number of cyclic esters (lactones) is 1. The first kappa shape index (κ1) is 16.5. The highest BCUT2D eigenvalue weighted by molar-refractivity contribution is 5.89. The summed E-state index contributed by atoms with van der Waals surface area (Å²) in [7, 11) is 0. The summed E-state index contributed by atoms with van der Waals surface area (Å²) in [5.41, 5.74) is 2.64. The van der Waals surface area contributed by atoms with E-state index < -0.39 is 24.2 Å². The van der Waals surface area contributed by atoms with Crippen molar-refractivity contribution in [2.75, 3.05) is 6.61 Å². The van der Waals surface area contributed by atoms with Gasteiger partial charge in [0.25, 0.3) is 0 Å². The van der Waals surface area contributed by atoms with Crippen LogP contribution in [-0.4, -0.2) is 24.7 Å². The van der Waals surface area contributed by atoms with Gasteiger partial charge in [-0.25, -0.2) is 9.59 Å². The Kier molecular flexibility index (Phi) is 4.66. The lowest BCUT2D eigenvalue weighted by atomic mass is 10.0. The van der Waals surface area contributed by atoms with E-state index in [0.29, 0.717) is 11.1 Å². The van der Waals surface area contributed by atoms with Crippen LogP contribution in [0.5, 0.6) is 0 Å². The van der Waals surface area contributed by atoms with Gasteiger partial charge in [-0.1, -0.05) is 29.8 Å². The normalized spacial score (nSPS) is 17.1. The first-order chi connectivity index (χ1) is 12.1. The predicted molar refractivity (Wildman–Crippen MR) is 88.8 cm³/mol. The van der Waals surface area contributed by atoms with Crippen LogP contribution in [-0.2, 0) is 9.47 Å². The summed E-state index contributed by atoms with van der Waals surface area (Å²) in [5, 5.41) is 11.5. The van der Waals surface area contributed by atoms with E-state index in [0.717, 1.165) is 11.1 Å². The van der Waals surface area contributed by atoms with Gasteiger partial charge in [-0.05, 0) is 36.8 Å². The van der Waals surface area contributed by atoms with Crippen molar-refractivity contribution < 1.29 is 19.1 Å². The van der Waals surface area contributed by atoms with E-state index in [-0.39, 0.29) is 6.61 Å². The van der Waals surface area contributed by atoms with Crippen LogP contribution in [0.4, 0.5) is 4.79 Å². The number of nitriles is 1. The standard InChI is InChI=1S/C19H16N2O4/c1-12-2-6-14(7-3-12)17(16-11-24-19(23)21-16)25-18(22)15-8-4-13(10-20)5-9-15/h2-9,16-17H,11H2,1H3,(H,21,23)/t16-,17+/m1/s1. The highest BCUT2D eigenvalue weighted by Gasteiger charge is 2.34. The molecule has 2 aromatic carbocycles. The number of benzene rings is 2. The van der Waals surface area contributed by atoms with Crippen molar-refractivity contribution in [3.8, 4) is 6.07 Å². The Hall–Kier alpha value is -3.33. The molecule has 2 atom stereocenters. The van der Waals surface area contributed by atoms with Crippen LogP contribution in [0, 0.1) is 18.3 Å². The SMILES string of the molecule is Cc1ccc([C@H](OC(=O)c2ccc(C#N)cc2)[C@H]2COC(=O)N2)cc1. The Morgan fingerprint density at radius 2 is 1.92 bits per heavy atom. The van der Waals surface area contributed by atoms with Crippen molar-refractivity contribution in [1.82, 2.24) is 5.32 Å². The molecule has 126 valence electrons. The van der Waals surface area contributed by atoms with Gasteiger partial charge in [0.2, 0.25) is 0 Å². The number of aryl methyl sites for hydroxylation is 1. The zero-order valence-corrected chi connectivity index (χ0v) is 13.6. The minimum atomic E-state index is -0.671. The lowest BCUT2D eigenvalue weighted by Gasteiger charge is -2.23. The molecule has 6 heteroatoms. The molecule has 0 unspecified atom stereocenters. The van der Waals surface area contributed by atoms with E-state index in [1.165, 1.54) is 12.1 Å². The van der Waals surface area contributed by atoms with Gasteiger partial charge in [0, 0.05) is 0 Å². The molecule has 0 radical (unpaired) electrons. The highest BCUT2D eigenvalue weighted by Crippen LogP contribution is 2.26.